The standard InChI is InChI=1S/C16H33NO7Si/c1-12(2)16(18)17-10-9-11-25(22-13(3)19-6,23-14(4)20-7)24-15(5)21-8/h13-15H,1,9-11H2,2-8H3,(H,17,18). The fourth-order valence-electron chi connectivity index (χ4n) is 1.82. The van der Waals surface area contributed by atoms with Crippen LogP contribution < -0.4 is 5.32 Å². The van der Waals surface area contributed by atoms with Crippen LogP contribution >= 0.6 is 0 Å². The number of ether oxygens (including phenoxy) is 3. The highest BCUT2D eigenvalue weighted by Gasteiger charge is 2.46. The summed E-state index contributed by atoms with van der Waals surface area (Å²) in [7, 11) is 1.42. The Kier molecular flexibility index (Phi) is 12.1. The lowest BCUT2D eigenvalue weighted by molar-refractivity contribution is -0.163. The molecule has 0 radical (unpaired) electrons. The second-order valence-corrected chi connectivity index (χ2v) is 8.16. The minimum absolute atomic E-state index is 0.184. The van der Waals surface area contributed by atoms with Gasteiger partial charge < -0.3 is 32.8 Å². The van der Waals surface area contributed by atoms with Crippen LogP contribution in [0.4, 0.5) is 0 Å². The molecule has 0 aliphatic rings. The van der Waals surface area contributed by atoms with Crippen molar-refractivity contribution >= 4 is 14.7 Å². The predicted molar refractivity (Wildman–Crippen MR) is 95.7 cm³/mol. The summed E-state index contributed by atoms with van der Waals surface area (Å²) in [5, 5.41) is 2.78. The molecule has 1 N–H and O–H groups in total. The van der Waals surface area contributed by atoms with E-state index in [9.17, 15) is 4.79 Å². The number of amides is 1. The van der Waals surface area contributed by atoms with Crippen molar-refractivity contribution in [2.45, 2.75) is 59.0 Å². The summed E-state index contributed by atoms with van der Waals surface area (Å²) in [5.41, 5.74) is 0.460. The summed E-state index contributed by atoms with van der Waals surface area (Å²) in [4.78, 5) is 11.6. The van der Waals surface area contributed by atoms with Crippen molar-refractivity contribution in [2.24, 2.45) is 0 Å². The quantitative estimate of drug-likeness (QED) is 0.214. The van der Waals surface area contributed by atoms with Gasteiger partial charge in [0.1, 0.15) is 18.9 Å². The van der Waals surface area contributed by atoms with Crippen LogP contribution in [0.1, 0.15) is 34.1 Å². The first-order valence-corrected chi connectivity index (χ1v) is 10.2. The lowest BCUT2D eigenvalue weighted by Gasteiger charge is -2.35. The fraction of sp³-hybridized carbons (Fsp3) is 0.812. The summed E-state index contributed by atoms with van der Waals surface area (Å²) in [6.45, 7) is 11.0. The van der Waals surface area contributed by atoms with E-state index in [1.165, 1.54) is 21.3 Å². The van der Waals surface area contributed by atoms with E-state index in [1.54, 1.807) is 27.7 Å². The lowest BCUT2D eigenvalue weighted by Crippen LogP contribution is -2.52. The van der Waals surface area contributed by atoms with Crippen LogP contribution in [0, 0.1) is 0 Å². The summed E-state index contributed by atoms with van der Waals surface area (Å²) in [6, 6.07) is 0.457. The van der Waals surface area contributed by atoms with E-state index in [4.69, 9.17) is 27.5 Å². The normalized spacial score (nSPS) is 17.4. The highest BCUT2D eigenvalue weighted by atomic mass is 28.4. The minimum Gasteiger partial charge on any atom is -0.357 e. The molecule has 0 saturated heterocycles. The Morgan fingerprint density at radius 1 is 0.960 bits per heavy atom. The van der Waals surface area contributed by atoms with Gasteiger partial charge in [-0.25, -0.2) is 0 Å². The molecule has 3 atom stereocenters. The molecule has 0 saturated carbocycles. The maximum atomic E-state index is 11.6. The average molecular weight is 380 g/mol. The van der Waals surface area contributed by atoms with Crippen molar-refractivity contribution in [1.82, 2.24) is 5.32 Å². The largest absolute Gasteiger partial charge is 0.506 e. The maximum absolute atomic E-state index is 11.6. The molecule has 0 aromatic rings. The Bertz CT molecular complexity index is 377. The molecule has 0 spiro atoms. The van der Waals surface area contributed by atoms with Crippen LogP contribution in [0.15, 0.2) is 12.2 Å². The van der Waals surface area contributed by atoms with Crippen molar-refractivity contribution < 1.29 is 32.3 Å². The van der Waals surface area contributed by atoms with E-state index in [1.807, 2.05) is 0 Å². The molecule has 0 aliphatic heterocycles. The molecule has 25 heavy (non-hydrogen) atoms. The Morgan fingerprint density at radius 3 is 1.68 bits per heavy atom. The van der Waals surface area contributed by atoms with E-state index in [0.717, 1.165) is 0 Å². The number of nitrogens with one attached hydrogen (secondary N) is 1. The van der Waals surface area contributed by atoms with Gasteiger partial charge >= 0.3 is 8.80 Å². The Balaban J connectivity index is 5.07. The zero-order valence-electron chi connectivity index (χ0n) is 16.4. The van der Waals surface area contributed by atoms with E-state index in [-0.39, 0.29) is 5.91 Å². The second kappa shape index (κ2) is 12.5. The summed E-state index contributed by atoms with van der Waals surface area (Å²) >= 11 is 0. The van der Waals surface area contributed by atoms with Gasteiger partial charge in [-0.2, -0.15) is 0 Å². The number of carbonyl (C=O) groups excluding carboxylic acids is 1. The Morgan fingerprint density at radius 2 is 1.36 bits per heavy atom. The highest BCUT2D eigenvalue weighted by Crippen LogP contribution is 2.24. The molecular formula is C16H33NO7Si. The highest BCUT2D eigenvalue weighted by molar-refractivity contribution is 6.60. The first-order valence-electron chi connectivity index (χ1n) is 8.25. The molecule has 0 heterocycles. The van der Waals surface area contributed by atoms with E-state index < -0.39 is 27.7 Å². The van der Waals surface area contributed by atoms with Gasteiger partial charge in [0.05, 0.1) is 0 Å². The van der Waals surface area contributed by atoms with Gasteiger partial charge in [-0.3, -0.25) is 4.79 Å². The summed E-state index contributed by atoms with van der Waals surface area (Å²) < 4.78 is 33.5. The third-order valence-corrected chi connectivity index (χ3v) is 6.40. The number of hydrogen-bond acceptors (Lipinski definition) is 7. The third-order valence-electron chi connectivity index (χ3n) is 3.37. The van der Waals surface area contributed by atoms with Crippen molar-refractivity contribution in [1.29, 1.82) is 0 Å². The van der Waals surface area contributed by atoms with Crippen molar-refractivity contribution in [3.05, 3.63) is 12.2 Å². The average Bonchev–Trinajstić information content (AvgIpc) is 2.57. The molecule has 0 aromatic carbocycles. The molecule has 0 bridgehead atoms. The van der Waals surface area contributed by atoms with Crippen molar-refractivity contribution in [3.8, 4) is 0 Å². The third kappa shape index (κ3) is 10.0. The first kappa shape index (κ1) is 24.2. The van der Waals surface area contributed by atoms with Gasteiger partial charge in [0.2, 0.25) is 5.91 Å². The number of rotatable bonds is 14. The zero-order chi connectivity index (χ0) is 19.5. The van der Waals surface area contributed by atoms with Crippen molar-refractivity contribution in [2.75, 3.05) is 27.9 Å². The van der Waals surface area contributed by atoms with Gasteiger partial charge in [0, 0.05) is 39.5 Å². The van der Waals surface area contributed by atoms with Crippen LogP contribution in [0.3, 0.4) is 0 Å². The van der Waals surface area contributed by atoms with E-state index in [2.05, 4.69) is 11.9 Å². The summed E-state index contributed by atoms with van der Waals surface area (Å²) in [6.07, 6.45) is -0.978. The molecule has 8 nitrogen and oxygen atoms in total. The van der Waals surface area contributed by atoms with Gasteiger partial charge in [0.15, 0.2) is 0 Å². The molecule has 1 amide bonds. The smallest absolute Gasteiger partial charge is 0.357 e. The Hall–Kier alpha value is -0.813. The van der Waals surface area contributed by atoms with Gasteiger partial charge in [-0.05, 0) is 34.1 Å². The monoisotopic (exact) mass is 379 g/mol. The van der Waals surface area contributed by atoms with Gasteiger partial charge in [-0.15, -0.1) is 0 Å². The SMILES string of the molecule is C=C(C)C(=O)NCCC[Si](OC(C)OC)(OC(C)OC)OC(C)OC. The fourth-order valence-corrected chi connectivity index (χ4v) is 4.76. The lowest BCUT2D eigenvalue weighted by atomic mass is 10.3. The maximum Gasteiger partial charge on any atom is 0.506 e. The molecule has 148 valence electrons. The minimum atomic E-state index is -3.20. The van der Waals surface area contributed by atoms with E-state index >= 15 is 0 Å². The van der Waals surface area contributed by atoms with Crippen LogP contribution in [-0.4, -0.2) is 61.5 Å². The zero-order valence-corrected chi connectivity index (χ0v) is 17.4. The van der Waals surface area contributed by atoms with Crippen molar-refractivity contribution in [3.63, 3.8) is 0 Å². The van der Waals surface area contributed by atoms with Crippen LogP contribution in [0.5, 0.6) is 0 Å². The summed E-state index contributed by atoms with van der Waals surface area (Å²) in [5.74, 6) is -0.184. The number of carbonyl (C=O) groups is 1. The Labute approximate surface area is 152 Å². The molecule has 0 aromatic heterocycles. The number of methoxy groups -OCH3 is 3. The van der Waals surface area contributed by atoms with E-state index in [0.29, 0.717) is 24.6 Å². The molecule has 0 fully saturated rings. The molecule has 0 rings (SSSR count). The molecular weight excluding hydrogens is 346 g/mol. The van der Waals surface area contributed by atoms with Gasteiger partial charge in [0.25, 0.3) is 0 Å². The second-order valence-electron chi connectivity index (χ2n) is 5.59. The van der Waals surface area contributed by atoms with Crippen LogP contribution in [0.2, 0.25) is 6.04 Å². The molecule has 9 heteroatoms. The predicted octanol–water partition coefficient (Wildman–Crippen LogP) is 2.03. The molecule has 3 unspecified atom stereocenters. The topological polar surface area (TPSA) is 84.5 Å². The van der Waals surface area contributed by atoms with Gasteiger partial charge in [-0.1, -0.05) is 6.58 Å². The van der Waals surface area contributed by atoms with Crippen LogP contribution in [0.25, 0.3) is 0 Å². The molecule has 0 aliphatic carbocycles. The van der Waals surface area contributed by atoms with Crippen LogP contribution in [-0.2, 0) is 32.3 Å². The number of hydrogen-bond donors (Lipinski definition) is 1. The first-order chi connectivity index (χ1) is 11.7.